The number of anilines is 2. The van der Waals surface area contributed by atoms with Gasteiger partial charge in [0.1, 0.15) is 11.6 Å². The van der Waals surface area contributed by atoms with E-state index in [1.165, 1.54) is 6.33 Å². The maximum Gasteiger partial charge on any atom is 0.226 e. The van der Waals surface area contributed by atoms with Crippen LogP contribution in [-0.2, 0) is 0 Å². The number of hydrogen-bond acceptors (Lipinski definition) is 5. The average molecular weight is 350 g/mol. The van der Waals surface area contributed by atoms with Gasteiger partial charge in [-0.15, -0.1) is 0 Å². The van der Waals surface area contributed by atoms with Crippen LogP contribution in [0.15, 0.2) is 29.0 Å². The third-order valence-electron chi connectivity index (χ3n) is 2.61. The number of nitrogens with one attached hydrogen (secondary N) is 2. The van der Waals surface area contributed by atoms with Crippen molar-refractivity contribution < 1.29 is 0 Å². The Morgan fingerprint density at radius 3 is 3.00 bits per heavy atom. The Bertz CT molecular complexity index is 838. The summed E-state index contributed by atoms with van der Waals surface area (Å²) >= 11 is 9.18. The third kappa shape index (κ3) is 2.31. The lowest BCUT2D eigenvalue weighted by molar-refractivity contribution is 1.20. The fourth-order valence-corrected chi connectivity index (χ4v) is 2.27. The highest BCUT2D eigenvalue weighted by Crippen LogP contribution is 2.26. The monoisotopic (exact) mass is 348 g/mol. The molecule has 20 heavy (non-hydrogen) atoms. The summed E-state index contributed by atoms with van der Waals surface area (Å²) in [6.07, 6.45) is 1.51. The summed E-state index contributed by atoms with van der Waals surface area (Å²) in [6.45, 7) is 0. The van der Waals surface area contributed by atoms with Crippen LogP contribution in [0.2, 0.25) is 5.28 Å². The molecular formula is C12H6BrClN6. The molecule has 0 unspecified atom stereocenters. The molecule has 2 aromatic heterocycles. The third-order valence-corrected chi connectivity index (χ3v) is 3.28. The molecule has 0 radical (unpaired) electrons. The van der Waals surface area contributed by atoms with Crippen molar-refractivity contribution in [1.82, 2.24) is 19.9 Å². The predicted octanol–water partition coefficient (Wildman–Crippen LogP) is 3.38. The summed E-state index contributed by atoms with van der Waals surface area (Å²) in [5.41, 5.74) is 2.20. The first-order chi connectivity index (χ1) is 9.67. The van der Waals surface area contributed by atoms with E-state index in [2.05, 4.69) is 47.3 Å². The highest BCUT2D eigenvalue weighted by atomic mass is 79.9. The summed E-state index contributed by atoms with van der Waals surface area (Å²) in [5, 5.41) is 12.3. The number of aromatic nitrogens is 4. The largest absolute Gasteiger partial charge is 0.340 e. The summed E-state index contributed by atoms with van der Waals surface area (Å²) in [5.74, 6) is 0.469. The van der Waals surface area contributed by atoms with Gasteiger partial charge in [0.15, 0.2) is 11.5 Å². The van der Waals surface area contributed by atoms with E-state index in [0.717, 1.165) is 4.47 Å². The first-order valence-corrected chi connectivity index (χ1v) is 6.68. The number of rotatable bonds is 2. The second kappa shape index (κ2) is 5.07. The van der Waals surface area contributed by atoms with E-state index >= 15 is 0 Å². The van der Waals surface area contributed by atoms with Crippen LogP contribution in [0.1, 0.15) is 5.56 Å². The smallest absolute Gasteiger partial charge is 0.226 e. The Balaban J connectivity index is 2.10. The Morgan fingerprint density at radius 2 is 2.20 bits per heavy atom. The summed E-state index contributed by atoms with van der Waals surface area (Å²) < 4.78 is 0.826. The van der Waals surface area contributed by atoms with Crippen LogP contribution in [-0.4, -0.2) is 19.9 Å². The normalized spacial score (nSPS) is 10.4. The lowest BCUT2D eigenvalue weighted by Crippen LogP contribution is -1.99. The van der Waals surface area contributed by atoms with Crippen molar-refractivity contribution in [2.24, 2.45) is 0 Å². The van der Waals surface area contributed by atoms with E-state index in [0.29, 0.717) is 28.2 Å². The molecule has 0 bridgehead atoms. The minimum absolute atomic E-state index is 0.0859. The van der Waals surface area contributed by atoms with Gasteiger partial charge >= 0.3 is 0 Å². The molecule has 0 amide bonds. The molecule has 3 aromatic rings. The van der Waals surface area contributed by atoms with E-state index in [4.69, 9.17) is 16.9 Å². The van der Waals surface area contributed by atoms with Gasteiger partial charge in [0.05, 0.1) is 17.6 Å². The minimum atomic E-state index is 0.0859. The molecular weight excluding hydrogens is 344 g/mol. The standard InChI is InChI=1S/C12H6BrClN6/c13-7-1-2-8(6(3-7)4-15)18-11-9-10(17-5-16-9)19-12(14)20-11/h1-3,5H,(H2,16,17,18,19,20). The molecule has 0 spiro atoms. The number of halogens is 2. The molecule has 0 aliphatic heterocycles. The van der Waals surface area contributed by atoms with Gasteiger partial charge < -0.3 is 10.3 Å². The average Bonchev–Trinajstić information content (AvgIpc) is 2.88. The van der Waals surface area contributed by atoms with Gasteiger partial charge in [-0.05, 0) is 29.8 Å². The molecule has 1 aromatic carbocycles. The zero-order valence-electron chi connectivity index (χ0n) is 9.85. The minimum Gasteiger partial charge on any atom is -0.340 e. The van der Waals surface area contributed by atoms with Gasteiger partial charge in [0.25, 0.3) is 0 Å². The second-order valence-corrected chi connectivity index (χ2v) is 5.12. The maximum atomic E-state index is 9.16. The molecule has 0 atom stereocenters. The Labute approximate surface area is 127 Å². The number of benzene rings is 1. The molecule has 98 valence electrons. The van der Waals surface area contributed by atoms with Gasteiger partial charge in [-0.3, -0.25) is 0 Å². The lowest BCUT2D eigenvalue weighted by atomic mass is 10.2. The summed E-state index contributed by atoms with van der Waals surface area (Å²) in [4.78, 5) is 15.1. The van der Waals surface area contributed by atoms with Gasteiger partial charge in [0.2, 0.25) is 5.28 Å². The number of H-pyrrole nitrogens is 1. The van der Waals surface area contributed by atoms with Crippen molar-refractivity contribution in [2.75, 3.05) is 5.32 Å². The fourth-order valence-electron chi connectivity index (χ4n) is 1.74. The molecule has 0 saturated carbocycles. The van der Waals surface area contributed by atoms with Crippen molar-refractivity contribution in [3.05, 3.63) is 39.8 Å². The molecule has 0 aliphatic carbocycles. The van der Waals surface area contributed by atoms with E-state index in [1.807, 2.05) is 6.07 Å². The lowest BCUT2D eigenvalue weighted by Gasteiger charge is -2.08. The molecule has 2 N–H and O–H groups in total. The Kier molecular flexibility index (Phi) is 3.26. The van der Waals surface area contributed by atoms with Crippen LogP contribution in [0.4, 0.5) is 11.5 Å². The van der Waals surface area contributed by atoms with Crippen molar-refractivity contribution in [1.29, 1.82) is 5.26 Å². The van der Waals surface area contributed by atoms with Crippen LogP contribution >= 0.6 is 27.5 Å². The zero-order chi connectivity index (χ0) is 14.1. The molecule has 6 nitrogen and oxygen atoms in total. The summed E-state index contributed by atoms with van der Waals surface area (Å²) in [6, 6.07) is 7.44. The van der Waals surface area contributed by atoms with E-state index in [9.17, 15) is 0 Å². The van der Waals surface area contributed by atoms with E-state index in [1.54, 1.807) is 12.1 Å². The van der Waals surface area contributed by atoms with Crippen LogP contribution < -0.4 is 5.32 Å². The van der Waals surface area contributed by atoms with Crippen molar-refractivity contribution in [2.45, 2.75) is 0 Å². The quantitative estimate of drug-likeness (QED) is 0.692. The molecule has 8 heteroatoms. The second-order valence-electron chi connectivity index (χ2n) is 3.87. The van der Waals surface area contributed by atoms with Crippen LogP contribution in [0.25, 0.3) is 11.2 Å². The first kappa shape index (κ1) is 12.8. The van der Waals surface area contributed by atoms with Crippen LogP contribution in [0.3, 0.4) is 0 Å². The SMILES string of the molecule is N#Cc1cc(Br)ccc1Nc1nc(Cl)nc2nc[nH]c12. The molecule has 0 fully saturated rings. The van der Waals surface area contributed by atoms with Crippen molar-refractivity contribution >= 4 is 50.2 Å². The number of hydrogen-bond donors (Lipinski definition) is 2. The van der Waals surface area contributed by atoms with Crippen LogP contribution in [0, 0.1) is 11.3 Å². The van der Waals surface area contributed by atoms with Crippen molar-refractivity contribution in [3.63, 3.8) is 0 Å². The summed E-state index contributed by atoms with van der Waals surface area (Å²) in [7, 11) is 0. The van der Waals surface area contributed by atoms with Gasteiger partial charge in [-0.1, -0.05) is 15.9 Å². The first-order valence-electron chi connectivity index (χ1n) is 5.50. The number of nitrogens with zero attached hydrogens (tertiary/aromatic N) is 4. The van der Waals surface area contributed by atoms with E-state index < -0.39 is 0 Å². The Hall–Kier alpha value is -2.17. The maximum absolute atomic E-state index is 9.16. The molecule has 0 aliphatic rings. The molecule has 2 heterocycles. The van der Waals surface area contributed by atoms with Crippen molar-refractivity contribution in [3.8, 4) is 6.07 Å². The highest BCUT2D eigenvalue weighted by molar-refractivity contribution is 9.10. The molecule has 0 saturated heterocycles. The predicted molar refractivity (Wildman–Crippen MR) is 78.8 cm³/mol. The fraction of sp³-hybridized carbons (Fsp3) is 0. The van der Waals surface area contributed by atoms with E-state index in [-0.39, 0.29) is 5.28 Å². The van der Waals surface area contributed by atoms with Gasteiger partial charge in [-0.25, -0.2) is 4.98 Å². The topological polar surface area (TPSA) is 90.3 Å². The zero-order valence-corrected chi connectivity index (χ0v) is 12.2. The number of fused-ring (bicyclic) bond motifs is 1. The number of imidazole rings is 1. The number of aromatic amines is 1. The molecule has 3 rings (SSSR count). The van der Waals surface area contributed by atoms with Gasteiger partial charge in [-0.2, -0.15) is 15.2 Å². The number of nitriles is 1. The van der Waals surface area contributed by atoms with Gasteiger partial charge in [0, 0.05) is 4.47 Å². The van der Waals surface area contributed by atoms with Crippen LogP contribution in [0.5, 0.6) is 0 Å². The Morgan fingerprint density at radius 1 is 1.35 bits per heavy atom. The highest BCUT2D eigenvalue weighted by Gasteiger charge is 2.11.